The molecule has 0 aliphatic heterocycles. The van der Waals surface area contributed by atoms with Gasteiger partial charge >= 0.3 is 0 Å². The largest absolute Gasteiger partial charge is 0.393 e. The third-order valence-corrected chi connectivity index (χ3v) is 3.00. The van der Waals surface area contributed by atoms with E-state index in [1.165, 1.54) is 12.1 Å². The van der Waals surface area contributed by atoms with Gasteiger partial charge in [-0.3, -0.25) is 0 Å². The molecule has 0 aliphatic rings. The Morgan fingerprint density at radius 1 is 1.28 bits per heavy atom. The van der Waals surface area contributed by atoms with Crippen molar-refractivity contribution in [3.63, 3.8) is 0 Å². The van der Waals surface area contributed by atoms with Crippen molar-refractivity contribution in [2.45, 2.75) is 53.1 Å². The molecule has 0 bridgehead atoms. The zero-order valence-corrected chi connectivity index (χ0v) is 11.9. The molecule has 0 spiro atoms. The molecule has 1 rings (SSSR count). The first-order valence-electron chi connectivity index (χ1n) is 6.69. The van der Waals surface area contributed by atoms with Crippen molar-refractivity contribution < 1.29 is 9.50 Å². The first-order valence-corrected chi connectivity index (χ1v) is 6.69. The van der Waals surface area contributed by atoms with Crippen LogP contribution >= 0.6 is 0 Å². The molecule has 102 valence electrons. The summed E-state index contributed by atoms with van der Waals surface area (Å²) in [5.41, 5.74) is 1.16. The standard InChI is InChI=1S/C16H25FO/c1-12(11-16(2,3)4)8-15(18)10-13-6-5-7-14(17)9-13/h5-7,9,12,15,18H,8,10-11H2,1-4H3. The topological polar surface area (TPSA) is 20.2 Å². The number of aliphatic hydroxyl groups is 1. The highest BCUT2D eigenvalue weighted by Gasteiger charge is 2.18. The predicted octanol–water partition coefficient (Wildman–Crippen LogP) is 4.19. The van der Waals surface area contributed by atoms with Crippen LogP contribution in [0, 0.1) is 17.2 Å². The van der Waals surface area contributed by atoms with Crippen LogP contribution in [0.25, 0.3) is 0 Å². The van der Waals surface area contributed by atoms with Gasteiger partial charge < -0.3 is 5.11 Å². The highest BCUT2D eigenvalue weighted by Crippen LogP contribution is 2.27. The second-order valence-corrected chi connectivity index (χ2v) is 6.59. The molecule has 1 aromatic rings. The second-order valence-electron chi connectivity index (χ2n) is 6.59. The third kappa shape index (κ3) is 6.15. The van der Waals surface area contributed by atoms with Crippen LogP contribution in [0.15, 0.2) is 24.3 Å². The Hall–Kier alpha value is -0.890. The minimum atomic E-state index is -0.385. The smallest absolute Gasteiger partial charge is 0.123 e. The second kappa shape index (κ2) is 6.33. The van der Waals surface area contributed by atoms with E-state index in [2.05, 4.69) is 27.7 Å². The average molecular weight is 252 g/mol. The molecule has 2 unspecified atom stereocenters. The molecular formula is C16H25FO. The van der Waals surface area contributed by atoms with E-state index in [0.717, 1.165) is 18.4 Å². The molecule has 0 aromatic heterocycles. The van der Waals surface area contributed by atoms with Crippen molar-refractivity contribution >= 4 is 0 Å². The number of hydrogen-bond acceptors (Lipinski definition) is 1. The van der Waals surface area contributed by atoms with Crippen LogP contribution in [0.3, 0.4) is 0 Å². The number of rotatable bonds is 5. The maximum atomic E-state index is 13.0. The van der Waals surface area contributed by atoms with E-state index < -0.39 is 0 Å². The fourth-order valence-electron chi connectivity index (χ4n) is 2.61. The number of aliphatic hydroxyl groups excluding tert-OH is 1. The van der Waals surface area contributed by atoms with E-state index in [4.69, 9.17) is 0 Å². The number of halogens is 1. The number of benzene rings is 1. The Bertz CT molecular complexity index is 368. The molecule has 0 saturated carbocycles. The summed E-state index contributed by atoms with van der Waals surface area (Å²) in [6, 6.07) is 6.48. The summed E-state index contributed by atoms with van der Waals surface area (Å²) in [7, 11) is 0. The number of hydrogen-bond donors (Lipinski definition) is 1. The van der Waals surface area contributed by atoms with Crippen LogP contribution in [-0.2, 0) is 6.42 Å². The van der Waals surface area contributed by atoms with Gasteiger partial charge in [-0.15, -0.1) is 0 Å². The molecule has 18 heavy (non-hydrogen) atoms. The Labute approximate surface area is 110 Å². The molecule has 0 saturated heterocycles. The van der Waals surface area contributed by atoms with Crippen LogP contribution < -0.4 is 0 Å². The first-order chi connectivity index (χ1) is 8.26. The molecule has 1 N–H and O–H groups in total. The van der Waals surface area contributed by atoms with E-state index in [1.807, 2.05) is 6.07 Å². The third-order valence-electron chi connectivity index (χ3n) is 3.00. The van der Waals surface area contributed by atoms with E-state index in [0.29, 0.717) is 12.3 Å². The van der Waals surface area contributed by atoms with Gasteiger partial charge in [-0.2, -0.15) is 0 Å². The minimum Gasteiger partial charge on any atom is -0.393 e. The molecule has 0 radical (unpaired) electrons. The van der Waals surface area contributed by atoms with Crippen LogP contribution in [0.1, 0.15) is 46.1 Å². The molecule has 1 nitrogen and oxygen atoms in total. The van der Waals surface area contributed by atoms with Crippen LogP contribution in [0.4, 0.5) is 4.39 Å². The Morgan fingerprint density at radius 2 is 1.94 bits per heavy atom. The molecule has 0 aliphatic carbocycles. The van der Waals surface area contributed by atoms with E-state index in [9.17, 15) is 9.50 Å². The summed E-state index contributed by atoms with van der Waals surface area (Å²) in [5, 5.41) is 10.0. The van der Waals surface area contributed by atoms with Gasteiger partial charge in [0.15, 0.2) is 0 Å². The van der Waals surface area contributed by atoms with Gasteiger partial charge in [-0.25, -0.2) is 4.39 Å². The molecule has 2 atom stereocenters. The molecule has 0 heterocycles. The summed E-state index contributed by atoms with van der Waals surface area (Å²) >= 11 is 0. The Balaban J connectivity index is 2.44. The van der Waals surface area contributed by atoms with Crippen molar-refractivity contribution in [2.75, 3.05) is 0 Å². The lowest BCUT2D eigenvalue weighted by atomic mass is 9.83. The maximum Gasteiger partial charge on any atom is 0.123 e. The van der Waals surface area contributed by atoms with Crippen molar-refractivity contribution in [1.29, 1.82) is 0 Å². The monoisotopic (exact) mass is 252 g/mol. The van der Waals surface area contributed by atoms with E-state index >= 15 is 0 Å². The Kier molecular flexibility index (Phi) is 5.33. The van der Waals surface area contributed by atoms with Crippen molar-refractivity contribution in [3.8, 4) is 0 Å². The van der Waals surface area contributed by atoms with Gasteiger partial charge in [0.05, 0.1) is 6.10 Å². The molecule has 0 amide bonds. The van der Waals surface area contributed by atoms with Crippen LogP contribution in [-0.4, -0.2) is 11.2 Å². The van der Waals surface area contributed by atoms with Gasteiger partial charge in [0.2, 0.25) is 0 Å². The zero-order chi connectivity index (χ0) is 13.8. The quantitative estimate of drug-likeness (QED) is 0.833. The van der Waals surface area contributed by atoms with Gasteiger partial charge in [-0.1, -0.05) is 39.8 Å². The van der Waals surface area contributed by atoms with Gasteiger partial charge in [0.25, 0.3) is 0 Å². The molecule has 1 aromatic carbocycles. The van der Waals surface area contributed by atoms with Crippen LogP contribution in [0.2, 0.25) is 0 Å². The average Bonchev–Trinajstić information content (AvgIpc) is 2.13. The summed E-state index contributed by atoms with van der Waals surface area (Å²) in [6.07, 6.45) is 2.01. The fraction of sp³-hybridized carbons (Fsp3) is 0.625. The SMILES string of the molecule is CC(CC(O)Cc1cccc(F)c1)CC(C)(C)C. The normalized spacial score (nSPS) is 15.4. The van der Waals surface area contributed by atoms with E-state index in [-0.39, 0.29) is 17.3 Å². The zero-order valence-electron chi connectivity index (χ0n) is 11.9. The van der Waals surface area contributed by atoms with Crippen molar-refractivity contribution in [1.82, 2.24) is 0 Å². The van der Waals surface area contributed by atoms with Gasteiger partial charge in [-0.05, 0) is 48.3 Å². The highest BCUT2D eigenvalue weighted by atomic mass is 19.1. The summed E-state index contributed by atoms with van der Waals surface area (Å²) in [5.74, 6) is 0.246. The molecule has 2 heteroatoms. The fourth-order valence-corrected chi connectivity index (χ4v) is 2.61. The lowest BCUT2D eigenvalue weighted by molar-refractivity contribution is 0.133. The summed E-state index contributed by atoms with van der Waals surface area (Å²) in [6.45, 7) is 8.80. The van der Waals surface area contributed by atoms with Crippen molar-refractivity contribution in [3.05, 3.63) is 35.6 Å². The summed E-state index contributed by atoms with van der Waals surface area (Å²) < 4.78 is 13.0. The Morgan fingerprint density at radius 3 is 2.50 bits per heavy atom. The molecule has 0 fully saturated rings. The summed E-state index contributed by atoms with van der Waals surface area (Å²) in [4.78, 5) is 0. The molecular weight excluding hydrogens is 227 g/mol. The predicted molar refractivity (Wildman–Crippen MR) is 74.0 cm³/mol. The van der Waals surface area contributed by atoms with E-state index in [1.54, 1.807) is 6.07 Å². The van der Waals surface area contributed by atoms with Gasteiger partial charge in [0.1, 0.15) is 5.82 Å². The first kappa shape index (κ1) is 15.2. The lowest BCUT2D eigenvalue weighted by Crippen LogP contribution is -2.18. The van der Waals surface area contributed by atoms with Crippen LogP contribution in [0.5, 0.6) is 0 Å². The maximum absolute atomic E-state index is 13.0. The van der Waals surface area contributed by atoms with Gasteiger partial charge in [0, 0.05) is 0 Å². The van der Waals surface area contributed by atoms with Crippen molar-refractivity contribution in [2.24, 2.45) is 11.3 Å². The minimum absolute atomic E-state index is 0.234. The highest BCUT2D eigenvalue weighted by molar-refractivity contribution is 5.17. The lowest BCUT2D eigenvalue weighted by Gasteiger charge is -2.24.